The minimum Gasteiger partial charge on any atom is -0.478 e. The average Bonchev–Trinajstić information content (AvgIpc) is 3.16. The summed E-state index contributed by atoms with van der Waals surface area (Å²) in [5, 5.41) is 5.94. The number of anilines is 1. The van der Waals surface area contributed by atoms with Crippen molar-refractivity contribution in [2.75, 3.05) is 37.7 Å². The van der Waals surface area contributed by atoms with Crippen molar-refractivity contribution in [2.45, 2.75) is 13.5 Å². The van der Waals surface area contributed by atoms with Crippen LogP contribution >= 0.6 is 11.3 Å². The number of carbonyl (C=O) groups excluding carboxylic acids is 1. The fourth-order valence-electron chi connectivity index (χ4n) is 2.58. The van der Waals surface area contributed by atoms with E-state index in [1.165, 1.54) is 0 Å². The average molecular weight is 347 g/mol. The highest BCUT2D eigenvalue weighted by Crippen LogP contribution is 2.19. The molecule has 0 radical (unpaired) electrons. The first kappa shape index (κ1) is 16.5. The molecule has 3 rings (SSSR count). The van der Waals surface area contributed by atoms with Gasteiger partial charge in [-0.2, -0.15) is 0 Å². The lowest BCUT2D eigenvalue weighted by atomic mass is 10.2. The summed E-state index contributed by atoms with van der Waals surface area (Å²) in [5.41, 5.74) is 0.883. The third-order valence-corrected chi connectivity index (χ3v) is 4.65. The van der Waals surface area contributed by atoms with E-state index >= 15 is 0 Å². The Labute approximate surface area is 145 Å². The van der Waals surface area contributed by atoms with Crippen LogP contribution in [0.15, 0.2) is 29.9 Å². The third kappa shape index (κ3) is 3.94. The van der Waals surface area contributed by atoms with Gasteiger partial charge in [0, 0.05) is 56.1 Å². The lowest BCUT2D eigenvalue weighted by molar-refractivity contribution is 0.193. The van der Waals surface area contributed by atoms with E-state index in [2.05, 4.69) is 20.2 Å². The van der Waals surface area contributed by atoms with Crippen molar-refractivity contribution in [2.24, 2.45) is 0 Å². The Morgan fingerprint density at radius 3 is 2.83 bits per heavy atom. The number of nitrogens with one attached hydrogen (secondary N) is 1. The Morgan fingerprint density at radius 2 is 2.12 bits per heavy atom. The quantitative estimate of drug-likeness (QED) is 0.895. The number of piperazine rings is 1. The van der Waals surface area contributed by atoms with Gasteiger partial charge in [-0.3, -0.25) is 0 Å². The van der Waals surface area contributed by atoms with Crippen LogP contribution in [0.25, 0.3) is 0 Å². The number of thiazole rings is 1. The van der Waals surface area contributed by atoms with E-state index in [1.54, 1.807) is 17.5 Å². The van der Waals surface area contributed by atoms with Crippen LogP contribution in [0.5, 0.6) is 5.88 Å². The second kappa shape index (κ2) is 7.96. The third-order valence-electron chi connectivity index (χ3n) is 3.82. The maximum Gasteiger partial charge on any atom is 0.317 e. The van der Waals surface area contributed by atoms with Crippen LogP contribution < -0.4 is 15.0 Å². The van der Waals surface area contributed by atoms with Crippen LogP contribution in [0.4, 0.5) is 9.93 Å². The van der Waals surface area contributed by atoms with E-state index in [0.717, 1.165) is 23.8 Å². The Hall–Kier alpha value is -2.35. The summed E-state index contributed by atoms with van der Waals surface area (Å²) >= 11 is 1.63. The number of aromatic nitrogens is 2. The van der Waals surface area contributed by atoms with E-state index in [4.69, 9.17) is 4.74 Å². The Bertz CT molecular complexity index is 656. The number of rotatable bonds is 5. The van der Waals surface area contributed by atoms with Crippen molar-refractivity contribution in [1.29, 1.82) is 0 Å². The maximum atomic E-state index is 12.4. The number of hydrogen-bond acceptors (Lipinski definition) is 6. The fourth-order valence-corrected chi connectivity index (χ4v) is 3.28. The monoisotopic (exact) mass is 347 g/mol. The molecule has 8 heteroatoms. The van der Waals surface area contributed by atoms with E-state index in [9.17, 15) is 4.79 Å². The molecule has 2 amide bonds. The summed E-state index contributed by atoms with van der Waals surface area (Å²) in [7, 11) is 0. The zero-order valence-electron chi connectivity index (χ0n) is 13.6. The van der Waals surface area contributed by atoms with Gasteiger partial charge < -0.3 is 19.9 Å². The molecule has 1 aliphatic rings. The summed E-state index contributed by atoms with van der Waals surface area (Å²) in [6.45, 7) is 5.87. The first-order valence-electron chi connectivity index (χ1n) is 8.02. The highest BCUT2D eigenvalue weighted by molar-refractivity contribution is 7.13. The molecule has 0 saturated carbocycles. The molecule has 2 aromatic rings. The van der Waals surface area contributed by atoms with E-state index in [-0.39, 0.29) is 6.03 Å². The topological polar surface area (TPSA) is 70.6 Å². The zero-order chi connectivity index (χ0) is 16.8. The molecule has 0 atom stereocenters. The van der Waals surface area contributed by atoms with Gasteiger partial charge in [0.1, 0.15) is 0 Å². The van der Waals surface area contributed by atoms with Gasteiger partial charge in [0.05, 0.1) is 6.61 Å². The molecule has 24 heavy (non-hydrogen) atoms. The van der Waals surface area contributed by atoms with Crippen LogP contribution in [-0.4, -0.2) is 53.7 Å². The van der Waals surface area contributed by atoms with Gasteiger partial charge in [-0.15, -0.1) is 11.3 Å². The molecule has 0 unspecified atom stereocenters. The predicted molar refractivity (Wildman–Crippen MR) is 93.5 cm³/mol. The van der Waals surface area contributed by atoms with Crippen molar-refractivity contribution in [3.63, 3.8) is 0 Å². The van der Waals surface area contributed by atoms with Gasteiger partial charge in [0.15, 0.2) is 5.13 Å². The van der Waals surface area contributed by atoms with E-state index in [1.807, 2.05) is 35.5 Å². The standard InChI is InChI=1S/C16H21N5O2S/c1-2-23-14-13(4-3-5-17-14)12-19-15(22)20-7-9-21(10-8-20)16-18-6-11-24-16/h3-6,11H,2,7-10,12H2,1H3,(H,19,22). The second-order valence-corrected chi connectivity index (χ2v) is 6.22. The Kier molecular flexibility index (Phi) is 5.47. The predicted octanol–water partition coefficient (Wildman–Crippen LogP) is 1.97. The van der Waals surface area contributed by atoms with Crippen LogP contribution in [0.1, 0.15) is 12.5 Å². The van der Waals surface area contributed by atoms with Gasteiger partial charge in [-0.05, 0) is 13.0 Å². The first-order valence-corrected chi connectivity index (χ1v) is 8.90. The first-order chi connectivity index (χ1) is 11.8. The van der Waals surface area contributed by atoms with E-state index < -0.39 is 0 Å². The second-order valence-electron chi connectivity index (χ2n) is 5.35. The number of nitrogens with zero attached hydrogens (tertiary/aromatic N) is 4. The molecule has 1 N–H and O–H groups in total. The highest BCUT2D eigenvalue weighted by atomic mass is 32.1. The van der Waals surface area contributed by atoms with Gasteiger partial charge in [0.25, 0.3) is 0 Å². The van der Waals surface area contributed by atoms with Crippen molar-refractivity contribution < 1.29 is 9.53 Å². The summed E-state index contributed by atoms with van der Waals surface area (Å²) in [6, 6.07) is 3.70. The molecule has 1 aliphatic heterocycles. The minimum absolute atomic E-state index is 0.0555. The molecule has 1 saturated heterocycles. The molecule has 1 fully saturated rings. The molecule has 2 aromatic heterocycles. The van der Waals surface area contributed by atoms with Crippen LogP contribution in [-0.2, 0) is 6.54 Å². The molecule has 0 aromatic carbocycles. The molecular weight excluding hydrogens is 326 g/mol. The van der Waals surface area contributed by atoms with Crippen molar-refractivity contribution in [3.05, 3.63) is 35.5 Å². The van der Waals surface area contributed by atoms with Crippen molar-refractivity contribution in [3.8, 4) is 5.88 Å². The highest BCUT2D eigenvalue weighted by Gasteiger charge is 2.22. The largest absolute Gasteiger partial charge is 0.478 e. The molecular formula is C16H21N5O2S. The number of amides is 2. The van der Waals surface area contributed by atoms with Gasteiger partial charge in [-0.1, -0.05) is 6.07 Å². The van der Waals surface area contributed by atoms with Crippen molar-refractivity contribution in [1.82, 2.24) is 20.2 Å². The molecule has 0 spiro atoms. The van der Waals surface area contributed by atoms with E-state index in [0.29, 0.717) is 32.1 Å². The maximum absolute atomic E-state index is 12.4. The molecule has 128 valence electrons. The van der Waals surface area contributed by atoms with Gasteiger partial charge in [0.2, 0.25) is 5.88 Å². The smallest absolute Gasteiger partial charge is 0.317 e. The minimum atomic E-state index is -0.0555. The molecule has 0 bridgehead atoms. The zero-order valence-corrected chi connectivity index (χ0v) is 14.5. The molecule has 3 heterocycles. The number of urea groups is 1. The van der Waals surface area contributed by atoms with Gasteiger partial charge >= 0.3 is 6.03 Å². The van der Waals surface area contributed by atoms with Crippen molar-refractivity contribution >= 4 is 22.5 Å². The SMILES string of the molecule is CCOc1ncccc1CNC(=O)N1CCN(c2nccs2)CC1. The number of carbonyl (C=O) groups is 1. The fraction of sp³-hybridized carbons (Fsp3) is 0.438. The van der Waals surface area contributed by atoms with Crippen LogP contribution in [0, 0.1) is 0 Å². The van der Waals surface area contributed by atoms with Gasteiger partial charge in [-0.25, -0.2) is 14.8 Å². The Morgan fingerprint density at radius 1 is 1.29 bits per heavy atom. The summed E-state index contributed by atoms with van der Waals surface area (Å²) in [4.78, 5) is 24.9. The summed E-state index contributed by atoms with van der Waals surface area (Å²) < 4.78 is 5.48. The van der Waals surface area contributed by atoms with Crippen LogP contribution in [0.3, 0.4) is 0 Å². The number of ether oxygens (including phenoxy) is 1. The lowest BCUT2D eigenvalue weighted by Crippen LogP contribution is -2.51. The molecule has 0 aliphatic carbocycles. The lowest BCUT2D eigenvalue weighted by Gasteiger charge is -2.34. The molecule has 7 nitrogen and oxygen atoms in total. The number of pyridine rings is 1. The normalized spacial score (nSPS) is 14.5. The summed E-state index contributed by atoms with van der Waals surface area (Å²) in [5.74, 6) is 0.578. The summed E-state index contributed by atoms with van der Waals surface area (Å²) in [6.07, 6.45) is 3.50. The van der Waals surface area contributed by atoms with Crippen LogP contribution in [0.2, 0.25) is 0 Å². The Balaban J connectivity index is 1.50. The number of hydrogen-bond donors (Lipinski definition) is 1.